The van der Waals surface area contributed by atoms with Crippen LogP contribution in [0.25, 0.3) is 0 Å². The molecule has 0 saturated heterocycles. The van der Waals surface area contributed by atoms with Gasteiger partial charge in [-0.3, -0.25) is 20.3 Å². The van der Waals surface area contributed by atoms with Crippen LogP contribution in [0.5, 0.6) is 5.75 Å². The van der Waals surface area contributed by atoms with Crippen molar-refractivity contribution in [1.82, 2.24) is 5.43 Å². The summed E-state index contributed by atoms with van der Waals surface area (Å²) >= 11 is 0. The number of nitro benzene ring substituents is 1. The molecule has 16 heavy (non-hydrogen) atoms. The number of nitrogens with zero attached hydrogens (tertiary/aromatic N) is 1. The molecular formula is C9H11N3O4. The van der Waals surface area contributed by atoms with Gasteiger partial charge in [-0.25, -0.2) is 5.84 Å². The van der Waals surface area contributed by atoms with Crippen LogP contribution in [0.1, 0.15) is 6.92 Å². The summed E-state index contributed by atoms with van der Waals surface area (Å²) in [4.78, 5) is 21.1. The zero-order chi connectivity index (χ0) is 12.1. The van der Waals surface area contributed by atoms with Crippen molar-refractivity contribution in [1.29, 1.82) is 0 Å². The number of benzene rings is 1. The summed E-state index contributed by atoms with van der Waals surface area (Å²) in [5.41, 5.74) is 1.70. The van der Waals surface area contributed by atoms with Crippen molar-refractivity contribution in [2.45, 2.75) is 13.0 Å². The molecule has 0 saturated carbocycles. The van der Waals surface area contributed by atoms with E-state index in [0.29, 0.717) is 0 Å². The summed E-state index contributed by atoms with van der Waals surface area (Å²) in [6, 6.07) is 5.80. The summed E-state index contributed by atoms with van der Waals surface area (Å²) < 4.78 is 5.13. The molecule has 1 amide bonds. The van der Waals surface area contributed by atoms with Crippen LogP contribution in [-0.2, 0) is 4.79 Å². The van der Waals surface area contributed by atoms with E-state index in [1.165, 1.54) is 25.1 Å². The Morgan fingerprint density at radius 1 is 1.56 bits per heavy atom. The third-order valence-electron chi connectivity index (χ3n) is 1.88. The Morgan fingerprint density at radius 2 is 2.19 bits per heavy atom. The van der Waals surface area contributed by atoms with Crippen LogP contribution in [-0.4, -0.2) is 16.9 Å². The molecule has 0 radical (unpaired) electrons. The highest BCUT2D eigenvalue weighted by atomic mass is 16.6. The van der Waals surface area contributed by atoms with Gasteiger partial charge >= 0.3 is 5.69 Å². The molecule has 0 unspecified atom stereocenters. The number of hydrazine groups is 1. The monoisotopic (exact) mass is 225 g/mol. The maximum atomic E-state index is 11.1. The standard InChI is InChI=1S/C9H11N3O4/c1-6(9(13)11-10)16-8-5-3-2-4-7(8)12(14)15/h2-6H,10H2,1H3,(H,11,13)/t6-/m0/s1. The van der Waals surface area contributed by atoms with Crippen molar-refractivity contribution in [3.63, 3.8) is 0 Å². The largest absolute Gasteiger partial charge is 0.474 e. The molecule has 0 aliphatic rings. The quantitative estimate of drug-likeness (QED) is 0.333. The molecule has 0 heterocycles. The minimum Gasteiger partial charge on any atom is -0.474 e. The molecular weight excluding hydrogens is 214 g/mol. The fourth-order valence-electron chi connectivity index (χ4n) is 1.07. The maximum absolute atomic E-state index is 11.1. The summed E-state index contributed by atoms with van der Waals surface area (Å²) in [7, 11) is 0. The van der Waals surface area contributed by atoms with Gasteiger partial charge in [0.25, 0.3) is 5.91 Å². The first-order valence-corrected chi connectivity index (χ1v) is 4.46. The molecule has 7 heteroatoms. The lowest BCUT2D eigenvalue weighted by atomic mass is 10.3. The Morgan fingerprint density at radius 3 is 2.75 bits per heavy atom. The van der Waals surface area contributed by atoms with E-state index in [1.807, 2.05) is 5.43 Å². The van der Waals surface area contributed by atoms with Gasteiger partial charge in [0.1, 0.15) is 0 Å². The Hall–Kier alpha value is -2.15. The highest BCUT2D eigenvalue weighted by Gasteiger charge is 2.19. The van der Waals surface area contributed by atoms with E-state index in [0.717, 1.165) is 0 Å². The minimum absolute atomic E-state index is 0.0311. The lowest BCUT2D eigenvalue weighted by Crippen LogP contribution is -2.40. The van der Waals surface area contributed by atoms with Gasteiger partial charge in [-0.2, -0.15) is 0 Å². The number of carbonyl (C=O) groups excluding carboxylic acids is 1. The van der Waals surface area contributed by atoms with E-state index in [2.05, 4.69) is 0 Å². The number of carbonyl (C=O) groups is 1. The Balaban J connectivity index is 2.88. The van der Waals surface area contributed by atoms with E-state index in [1.54, 1.807) is 6.07 Å². The normalized spacial score (nSPS) is 11.6. The molecule has 0 aliphatic heterocycles. The third-order valence-corrected chi connectivity index (χ3v) is 1.88. The van der Waals surface area contributed by atoms with Gasteiger partial charge in [0.15, 0.2) is 11.9 Å². The van der Waals surface area contributed by atoms with Gasteiger partial charge in [-0.1, -0.05) is 12.1 Å². The topological polar surface area (TPSA) is 107 Å². The van der Waals surface area contributed by atoms with E-state index in [9.17, 15) is 14.9 Å². The van der Waals surface area contributed by atoms with Crippen molar-refractivity contribution in [3.05, 3.63) is 34.4 Å². The lowest BCUT2D eigenvalue weighted by molar-refractivity contribution is -0.386. The van der Waals surface area contributed by atoms with Crippen LogP contribution < -0.4 is 16.0 Å². The molecule has 0 aromatic heterocycles. The molecule has 1 aromatic carbocycles. The van der Waals surface area contributed by atoms with Crippen LogP contribution in [0.2, 0.25) is 0 Å². The number of nitrogens with two attached hydrogens (primary N) is 1. The van der Waals surface area contributed by atoms with Crippen LogP contribution in [0.4, 0.5) is 5.69 Å². The molecule has 0 fully saturated rings. The van der Waals surface area contributed by atoms with Gasteiger partial charge in [0.2, 0.25) is 0 Å². The number of nitrogens with one attached hydrogen (secondary N) is 1. The zero-order valence-corrected chi connectivity index (χ0v) is 8.54. The van der Waals surface area contributed by atoms with E-state index < -0.39 is 16.9 Å². The second-order valence-electron chi connectivity index (χ2n) is 2.99. The molecule has 3 N–H and O–H groups in total. The van der Waals surface area contributed by atoms with Crippen LogP contribution in [0.15, 0.2) is 24.3 Å². The van der Waals surface area contributed by atoms with Crippen molar-refractivity contribution in [2.24, 2.45) is 5.84 Å². The fraction of sp³-hybridized carbons (Fsp3) is 0.222. The van der Waals surface area contributed by atoms with Crippen LogP contribution in [0.3, 0.4) is 0 Å². The highest BCUT2D eigenvalue weighted by molar-refractivity contribution is 5.80. The average Bonchev–Trinajstić information content (AvgIpc) is 2.28. The maximum Gasteiger partial charge on any atom is 0.310 e. The van der Waals surface area contributed by atoms with Gasteiger partial charge in [-0.15, -0.1) is 0 Å². The first-order valence-electron chi connectivity index (χ1n) is 4.46. The molecule has 0 spiro atoms. The number of rotatable bonds is 4. The van der Waals surface area contributed by atoms with Crippen LogP contribution >= 0.6 is 0 Å². The summed E-state index contributed by atoms with van der Waals surface area (Å²) in [5, 5.41) is 10.6. The second-order valence-corrected chi connectivity index (χ2v) is 2.99. The van der Waals surface area contributed by atoms with Crippen molar-refractivity contribution < 1.29 is 14.5 Å². The molecule has 86 valence electrons. The molecule has 1 atom stereocenters. The number of amides is 1. The number of ether oxygens (including phenoxy) is 1. The van der Waals surface area contributed by atoms with Crippen molar-refractivity contribution in [3.8, 4) is 5.75 Å². The molecule has 7 nitrogen and oxygen atoms in total. The molecule has 1 aromatic rings. The average molecular weight is 225 g/mol. The number of nitro groups is 1. The SMILES string of the molecule is C[C@H](Oc1ccccc1[N+](=O)[O-])C(=O)NN. The first kappa shape index (κ1) is 11.9. The van der Waals surface area contributed by atoms with E-state index in [4.69, 9.17) is 10.6 Å². The number of hydrogen-bond donors (Lipinski definition) is 2. The third kappa shape index (κ3) is 2.67. The fourth-order valence-corrected chi connectivity index (χ4v) is 1.07. The smallest absolute Gasteiger partial charge is 0.310 e. The van der Waals surface area contributed by atoms with Gasteiger partial charge in [-0.05, 0) is 13.0 Å². The first-order chi connectivity index (χ1) is 7.56. The molecule has 0 bridgehead atoms. The number of hydrogen-bond acceptors (Lipinski definition) is 5. The zero-order valence-electron chi connectivity index (χ0n) is 8.54. The predicted molar refractivity (Wildman–Crippen MR) is 55.5 cm³/mol. The van der Waals surface area contributed by atoms with Gasteiger partial charge in [0.05, 0.1) is 4.92 Å². The van der Waals surface area contributed by atoms with Crippen molar-refractivity contribution >= 4 is 11.6 Å². The summed E-state index contributed by atoms with van der Waals surface area (Å²) in [6.07, 6.45) is -0.897. The second kappa shape index (κ2) is 5.08. The van der Waals surface area contributed by atoms with Gasteiger partial charge < -0.3 is 4.74 Å². The molecule has 0 aliphatic carbocycles. The van der Waals surface area contributed by atoms with E-state index in [-0.39, 0.29) is 11.4 Å². The summed E-state index contributed by atoms with van der Waals surface area (Å²) in [6.45, 7) is 1.44. The van der Waals surface area contributed by atoms with Gasteiger partial charge in [0, 0.05) is 6.07 Å². The number of para-hydroxylation sites is 2. The lowest BCUT2D eigenvalue weighted by Gasteiger charge is -2.12. The van der Waals surface area contributed by atoms with Crippen molar-refractivity contribution in [2.75, 3.05) is 0 Å². The highest BCUT2D eigenvalue weighted by Crippen LogP contribution is 2.26. The Bertz CT molecular complexity index is 407. The molecule has 1 rings (SSSR count). The predicted octanol–water partition coefficient (Wildman–Crippen LogP) is 0.352. The minimum atomic E-state index is -0.897. The summed E-state index contributed by atoms with van der Waals surface area (Å²) in [5.74, 6) is 4.38. The Labute approximate surface area is 91.3 Å². The Kier molecular flexibility index (Phi) is 3.78. The van der Waals surface area contributed by atoms with E-state index >= 15 is 0 Å². The van der Waals surface area contributed by atoms with Crippen LogP contribution in [0, 0.1) is 10.1 Å².